The number of carboxylic acid groups (broad SMARTS) is 1. The fraction of sp³-hybridized carbons (Fsp3) is 0.227. The van der Waals surface area contributed by atoms with Crippen molar-refractivity contribution < 1.29 is 40.8 Å². The van der Waals surface area contributed by atoms with Gasteiger partial charge in [0.25, 0.3) is 0 Å². The molecule has 0 radical (unpaired) electrons. The van der Waals surface area contributed by atoms with Gasteiger partial charge in [0, 0.05) is 10.6 Å². The summed E-state index contributed by atoms with van der Waals surface area (Å²) in [6.45, 7) is 3.04. The number of fused-ring (bicyclic) bond motifs is 1. The summed E-state index contributed by atoms with van der Waals surface area (Å²) in [6, 6.07) is 11.2. The second-order valence-electron chi connectivity index (χ2n) is 7.34. The van der Waals surface area contributed by atoms with E-state index >= 15 is 0 Å². The Bertz CT molecular complexity index is 1340. The monoisotopic (exact) mass is 502 g/mol. The van der Waals surface area contributed by atoms with Gasteiger partial charge in [-0.1, -0.05) is 42.8 Å². The lowest BCUT2D eigenvalue weighted by Crippen LogP contribution is -2.36. The summed E-state index contributed by atoms with van der Waals surface area (Å²) in [6.07, 6.45) is -0.166. The summed E-state index contributed by atoms with van der Waals surface area (Å²) in [7, 11) is -5.88. The van der Waals surface area contributed by atoms with Crippen molar-refractivity contribution in [1.29, 1.82) is 0 Å². The maximum atomic E-state index is 12.7. The molecule has 11 heteroatoms. The number of rotatable bonds is 6. The van der Waals surface area contributed by atoms with E-state index in [4.69, 9.17) is 11.6 Å². The minimum absolute atomic E-state index is 0.101. The van der Waals surface area contributed by atoms with Gasteiger partial charge in [0.05, 0.1) is 0 Å². The molecule has 3 aromatic carbocycles. The van der Waals surface area contributed by atoms with Crippen LogP contribution in [0.3, 0.4) is 0 Å². The highest BCUT2D eigenvalue weighted by Crippen LogP contribution is 2.43. The first kappa shape index (κ1) is 24.8. The van der Waals surface area contributed by atoms with Crippen LogP contribution in [0.2, 0.25) is 5.02 Å². The maximum absolute atomic E-state index is 12.7. The molecule has 0 spiro atoms. The van der Waals surface area contributed by atoms with Gasteiger partial charge in [-0.25, -0.2) is 4.79 Å². The van der Waals surface area contributed by atoms with E-state index in [1.807, 2.05) is 0 Å². The number of aliphatic carboxylic acids is 1. The van der Waals surface area contributed by atoms with Crippen LogP contribution in [0.15, 0.2) is 48.5 Å². The van der Waals surface area contributed by atoms with E-state index in [9.17, 15) is 36.6 Å². The van der Waals surface area contributed by atoms with Crippen LogP contribution in [0.1, 0.15) is 24.5 Å². The molecular formula is C22H18ClF3O6S. The van der Waals surface area contributed by atoms with Crippen LogP contribution in [0, 0.1) is 6.92 Å². The lowest BCUT2D eigenvalue weighted by Gasteiger charge is -2.28. The van der Waals surface area contributed by atoms with Crippen molar-refractivity contribution in [3.8, 4) is 16.9 Å². The van der Waals surface area contributed by atoms with E-state index in [-0.39, 0.29) is 17.4 Å². The molecular weight excluding hydrogens is 485 g/mol. The highest BCUT2D eigenvalue weighted by atomic mass is 35.5. The summed E-state index contributed by atoms with van der Waals surface area (Å²) in [5.41, 5.74) is -6.62. The summed E-state index contributed by atoms with van der Waals surface area (Å²) >= 11 is 5.97. The Morgan fingerprint density at radius 1 is 1.09 bits per heavy atom. The highest BCUT2D eigenvalue weighted by molar-refractivity contribution is 7.88. The first-order chi connectivity index (χ1) is 15.2. The normalized spacial score (nSPS) is 14.2. The highest BCUT2D eigenvalue weighted by Gasteiger charge is 2.48. The number of benzene rings is 3. The van der Waals surface area contributed by atoms with Crippen molar-refractivity contribution in [2.45, 2.75) is 31.4 Å². The molecule has 0 unspecified atom stereocenters. The zero-order valence-corrected chi connectivity index (χ0v) is 18.8. The number of carbonyl (C=O) groups is 1. The van der Waals surface area contributed by atoms with E-state index in [1.165, 1.54) is 26.0 Å². The van der Waals surface area contributed by atoms with E-state index < -0.39 is 32.9 Å². The third-order valence-corrected chi connectivity index (χ3v) is 6.44. The predicted molar refractivity (Wildman–Crippen MR) is 117 cm³/mol. The number of aryl methyl sites for hydroxylation is 1. The van der Waals surface area contributed by atoms with Crippen molar-refractivity contribution in [3.63, 3.8) is 0 Å². The van der Waals surface area contributed by atoms with E-state index in [0.717, 1.165) is 12.1 Å². The smallest absolute Gasteiger partial charge is 0.479 e. The second-order valence-corrected chi connectivity index (χ2v) is 9.31. The molecule has 2 N–H and O–H groups in total. The van der Waals surface area contributed by atoms with Crippen molar-refractivity contribution in [2.75, 3.05) is 0 Å². The average Bonchev–Trinajstić information content (AvgIpc) is 2.71. The van der Waals surface area contributed by atoms with Crippen molar-refractivity contribution in [1.82, 2.24) is 0 Å². The predicted octanol–water partition coefficient (Wildman–Crippen LogP) is 5.38. The topological polar surface area (TPSA) is 101 Å². The standard InChI is InChI=1S/C22H18ClF3O6S/c1-3-21(29,20(27)28)19-12(2)10-14-11-16(32-33(30,31)22(24,25)26)8-9-17(14)18(19)13-4-6-15(23)7-5-13/h4-11,29H,3H2,1-2H3,(H,27,28)/t21-/m0/s1. The number of hydrogen-bond acceptors (Lipinski definition) is 5. The van der Waals surface area contributed by atoms with Crippen LogP contribution >= 0.6 is 11.6 Å². The van der Waals surface area contributed by atoms with Gasteiger partial charge in [-0.15, -0.1) is 0 Å². The second kappa shape index (κ2) is 8.51. The third kappa shape index (κ3) is 4.50. The van der Waals surface area contributed by atoms with E-state index in [1.54, 1.807) is 24.3 Å². The number of halogens is 4. The molecule has 0 saturated heterocycles. The largest absolute Gasteiger partial charge is 0.534 e. The molecule has 0 bridgehead atoms. The van der Waals surface area contributed by atoms with Gasteiger partial charge < -0.3 is 14.4 Å². The van der Waals surface area contributed by atoms with E-state index in [2.05, 4.69) is 4.18 Å². The van der Waals surface area contributed by atoms with Gasteiger partial charge in [0.1, 0.15) is 5.75 Å². The number of hydrogen-bond donors (Lipinski definition) is 2. The minimum atomic E-state index is -5.88. The van der Waals surface area contributed by atoms with Crippen LogP contribution in [0.25, 0.3) is 21.9 Å². The lowest BCUT2D eigenvalue weighted by molar-refractivity contribution is -0.160. The van der Waals surface area contributed by atoms with Gasteiger partial charge in [-0.2, -0.15) is 21.6 Å². The number of alkyl halides is 3. The number of carboxylic acids is 1. The van der Waals surface area contributed by atoms with Crippen molar-refractivity contribution in [2.24, 2.45) is 0 Å². The zero-order chi connectivity index (χ0) is 24.8. The Kier molecular flexibility index (Phi) is 6.40. The molecule has 3 rings (SSSR count). The molecule has 0 fully saturated rings. The molecule has 0 aliphatic carbocycles. The van der Waals surface area contributed by atoms with Gasteiger partial charge in [0.15, 0.2) is 5.60 Å². The van der Waals surface area contributed by atoms with Crippen LogP contribution in [-0.4, -0.2) is 30.1 Å². The number of aliphatic hydroxyl groups is 1. The molecule has 0 aliphatic heterocycles. The van der Waals surface area contributed by atoms with Crippen LogP contribution in [0.4, 0.5) is 13.2 Å². The van der Waals surface area contributed by atoms with Gasteiger partial charge in [-0.05, 0) is 65.1 Å². The molecule has 33 heavy (non-hydrogen) atoms. The minimum Gasteiger partial charge on any atom is -0.479 e. The van der Waals surface area contributed by atoms with Gasteiger partial charge in [0.2, 0.25) is 0 Å². The summed E-state index contributed by atoms with van der Waals surface area (Å²) in [5, 5.41) is 21.9. The zero-order valence-electron chi connectivity index (χ0n) is 17.3. The fourth-order valence-corrected chi connectivity index (χ4v) is 4.21. The Morgan fingerprint density at radius 3 is 2.21 bits per heavy atom. The molecule has 6 nitrogen and oxygen atoms in total. The first-order valence-electron chi connectivity index (χ1n) is 9.51. The van der Waals surface area contributed by atoms with Gasteiger partial charge >= 0.3 is 21.6 Å². The molecule has 0 heterocycles. The molecule has 0 amide bonds. The molecule has 0 saturated carbocycles. The van der Waals surface area contributed by atoms with Crippen LogP contribution in [0.5, 0.6) is 5.75 Å². The lowest BCUT2D eigenvalue weighted by atomic mass is 9.80. The molecule has 0 aromatic heterocycles. The molecule has 3 aromatic rings. The summed E-state index contributed by atoms with van der Waals surface area (Å²) in [4.78, 5) is 12.0. The van der Waals surface area contributed by atoms with Gasteiger partial charge in [-0.3, -0.25) is 0 Å². The van der Waals surface area contributed by atoms with Crippen LogP contribution in [-0.2, 0) is 20.5 Å². The summed E-state index contributed by atoms with van der Waals surface area (Å²) in [5.74, 6) is -2.04. The SMILES string of the molecule is CC[C@@](O)(C(=O)O)c1c(C)cc2cc(OS(=O)(=O)C(F)(F)F)ccc2c1-c1ccc(Cl)cc1. The molecule has 1 atom stereocenters. The quantitative estimate of drug-likeness (QED) is 0.347. The summed E-state index contributed by atoms with van der Waals surface area (Å²) < 4.78 is 65.1. The van der Waals surface area contributed by atoms with Crippen molar-refractivity contribution >= 4 is 38.5 Å². The van der Waals surface area contributed by atoms with E-state index in [0.29, 0.717) is 27.1 Å². The fourth-order valence-electron chi connectivity index (χ4n) is 3.64. The third-order valence-electron chi connectivity index (χ3n) is 5.21. The first-order valence-corrected chi connectivity index (χ1v) is 11.3. The Morgan fingerprint density at radius 2 is 1.70 bits per heavy atom. The molecule has 176 valence electrons. The Balaban J connectivity index is 2.35. The maximum Gasteiger partial charge on any atom is 0.534 e. The van der Waals surface area contributed by atoms with Crippen LogP contribution < -0.4 is 4.18 Å². The van der Waals surface area contributed by atoms with Crippen molar-refractivity contribution in [3.05, 3.63) is 64.7 Å². The molecule has 0 aliphatic rings. The average molecular weight is 503 g/mol. The Hall–Kier alpha value is -2.82. The Labute approximate surface area is 192 Å².